The van der Waals surface area contributed by atoms with E-state index in [9.17, 15) is 13.2 Å². The number of aliphatic hydroxyl groups is 1. The van der Waals surface area contributed by atoms with Crippen LogP contribution in [0, 0.1) is 0 Å². The topological polar surface area (TPSA) is 104 Å². The molecule has 0 aliphatic heterocycles. The van der Waals surface area contributed by atoms with Crippen molar-refractivity contribution in [3.63, 3.8) is 0 Å². The summed E-state index contributed by atoms with van der Waals surface area (Å²) in [5.74, 6) is -1.36. The van der Waals surface area contributed by atoms with Crippen molar-refractivity contribution in [3.05, 3.63) is 29.3 Å². The molecule has 1 atom stereocenters. The minimum absolute atomic E-state index is 0.118. The molecule has 0 heterocycles. The lowest BCUT2D eigenvalue weighted by Gasteiger charge is -2.09. The molecule has 0 unspecified atom stereocenters. The molecule has 1 aromatic rings. The maximum Gasteiger partial charge on any atom is 0.332 e. The summed E-state index contributed by atoms with van der Waals surface area (Å²) in [4.78, 5) is 10.6. The molecule has 1 aliphatic carbocycles. The first-order valence-electron chi connectivity index (χ1n) is 6.42. The fourth-order valence-corrected chi connectivity index (χ4v) is 3.35. The molecule has 0 bridgehead atoms. The maximum absolute atomic E-state index is 12.0. The van der Waals surface area contributed by atoms with Crippen LogP contribution in [0.2, 0.25) is 0 Å². The van der Waals surface area contributed by atoms with Gasteiger partial charge in [-0.15, -0.1) is 0 Å². The summed E-state index contributed by atoms with van der Waals surface area (Å²) in [5.41, 5.74) is 2.24. The third kappa shape index (κ3) is 3.36. The van der Waals surface area contributed by atoms with E-state index < -0.39 is 22.1 Å². The van der Waals surface area contributed by atoms with E-state index in [0.29, 0.717) is 0 Å². The molecule has 0 aromatic heterocycles. The van der Waals surface area contributed by atoms with Crippen molar-refractivity contribution >= 4 is 16.0 Å². The highest BCUT2D eigenvalue weighted by atomic mass is 32.2. The first-order chi connectivity index (χ1) is 9.40. The van der Waals surface area contributed by atoms with Crippen molar-refractivity contribution in [3.8, 4) is 0 Å². The van der Waals surface area contributed by atoms with Crippen LogP contribution in [0.5, 0.6) is 0 Å². The fourth-order valence-electron chi connectivity index (χ4n) is 2.25. The first-order valence-corrected chi connectivity index (χ1v) is 7.91. The van der Waals surface area contributed by atoms with Gasteiger partial charge < -0.3 is 10.2 Å². The van der Waals surface area contributed by atoms with Crippen molar-refractivity contribution < 1.29 is 23.4 Å². The van der Waals surface area contributed by atoms with Gasteiger partial charge in [0.25, 0.3) is 0 Å². The summed E-state index contributed by atoms with van der Waals surface area (Å²) >= 11 is 0. The third-order valence-electron chi connectivity index (χ3n) is 3.38. The van der Waals surface area contributed by atoms with Gasteiger partial charge in [-0.3, -0.25) is 0 Å². The molecular weight excluding hydrogens is 282 g/mol. The van der Waals surface area contributed by atoms with Crippen LogP contribution >= 0.6 is 0 Å². The number of sulfonamides is 1. The first kappa shape index (κ1) is 15.0. The molecule has 0 amide bonds. The third-order valence-corrected chi connectivity index (χ3v) is 4.83. The molecule has 3 N–H and O–H groups in total. The van der Waals surface area contributed by atoms with E-state index in [0.717, 1.165) is 24.8 Å². The Labute approximate surface area is 117 Å². The Morgan fingerprint density at radius 2 is 2.00 bits per heavy atom. The Morgan fingerprint density at radius 1 is 1.30 bits per heavy atom. The second-order valence-corrected chi connectivity index (χ2v) is 6.59. The van der Waals surface area contributed by atoms with Gasteiger partial charge in [-0.25, -0.2) is 17.9 Å². The van der Waals surface area contributed by atoms with Crippen molar-refractivity contribution in [1.29, 1.82) is 0 Å². The van der Waals surface area contributed by atoms with Crippen LogP contribution in [0.4, 0.5) is 0 Å². The molecule has 1 aromatic carbocycles. The number of carboxylic acids is 1. The van der Waals surface area contributed by atoms with Crippen LogP contribution in [0.3, 0.4) is 0 Å². The van der Waals surface area contributed by atoms with E-state index >= 15 is 0 Å². The van der Waals surface area contributed by atoms with Crippen LogP contribution in [-0.2, 0) is 27.7 Å². The summed E-state index contributed by atoms with van der Waals surface area (Å²) in [5, 5.41) is 17.6. The highest BCUT2D eigenvalue weighted by molar-refractivity contribution is 7.89. The van der Waals surface area contributed by atoms with E-state index in [1.54, 1.807) is 12.1 Å². The number of benzene rings is 1. The molecule has 0 fully saturated rings. The quantitative estimate of drug-likeness (QED) is 0.700. The molecule has 0 saturated heterocycles. The zero-order chi connectivity index (χ0) is 14.8. The molecule has 0 saturated carbocycles. The Kier molecular flexibility index (Phi) is 4.42. The summed E-state index contributed by atoms with van der Waals surface area (Å²) < 4.78 is 26.4. The zero-order valence-corrected chi connectivity index (χ0v) is 11.7. The van der Waals surface area contributed by atoms with Crippen molar-refractivity contribution in [2.24, 2.45) is 0 Å². The van der Waals surface area contributed by atoms with Crippen molar-refractivity contribution in [1.82, 2.24) is 4.72 Å². The van der Waals surface area contributed by atoms with Gasteiger partial charge in [-0.05, 0) is 48.9 Å². The number of carbonyl (C=O) groups is 1. The minimum Gasteiger partial charge on any atom is -0.479 e. The molecule has 2 rings (SSSR count). The number of aryl methyl sites for hydroxylation is 2. The predicted molar refractivity (Wildman–Crippen MR) is 71.9 cm³/mol. The SMILES string of the molecule is O=C(O)[C@@H](O)CCNS(=O)(=O)c1ccc2c(c1)CCC2. The van der Waals surface area contributed by atoms with Gasteiger partial charge in [0.2, 0.25) is 10.0 Å². The van der Waals surface area contributed by atoms with Crippen molar-refractivity contribution in [2.75, 3.05) is 6.54 Å². The molecule has 20 heavy (non-hydrogen) atoms. The lowest BCUT2D eigenvalue weighted by Crippen LogP contribution is -2.30. The highest BCUT2D eigenvalue weighted by Crippen LogP contribution is 2.24. The largest absolute Gasteiger partial charge is 0.479 e. The standard InChI is InChI=1S/C13H17NO5S/c15-12(13(16)17)6-7-14-20(18,19)11-5-4-9-2-1-3-10(9)8-11/h4-5,8,12,14-15H,1-3,6-7H2,(H,16,17)/t12-/m0/s1. The van der Waals surface area contributed by atoms with Gasteiger partial charge in [-0.2, -0.15) is 0 Å². The molecule has 7 heteroatoms. The number of hydrogen-bond donors (Lipinski definition) is 3. The molecule has 110 valence electrons. The summed E-state index contributed by atoms with van der Waals surface area (Å²) in [6, 6.07) is 5.04. The van der Waals surface area contributed by atoms with E-state index in [2.05, 4.69) is 4.72 Å². The molecular formula is C13H17NO5S. The lowest BCUT2D eigenvalue weighted by atomic mass is 10.1. The van der Waals surface area contributed by atoms with Gasteiger partial charge in [0, 0.05) is 6.54 Å². The van der Waals surface area contributed by atoms with Crippen LogP contribution in [-0.4, -0.2) is 37.2 Å². The number of hydrogen-bond acceptors (Lipinski definition) is 4. The zero-order valence-electron chi connectivity index (χ0n) is 10.9. The average Bonchev–Trinajstić information content (AvgIpc) is 2.85. The maximum atomic E-state index is 12.0. The monoisotopic (exact) mass is 299 g/mol. The van der Waals surface area contributed by atoms with E-state index in [1.165, 1.54) is 5.56 Å². The number of fused-ring (bicyclic) bond motifs is 1. The van der Waals surface area contributed by atoms with E-state index in [4.69, 9.17) is 10.2 Å². The number of carboxylic acid groups (broad SMARTS) is 1. The minimum atomic E-state index is -3.66. The van der Waals surface area contributed by atoms with Gasteiger partial charge in [-0.1, -0.05) is 6.07 Å². The van der Waals surface area contributed by atoms with Crippen molar-refractivity contribution in [2.45, 2.75) is 36.7 Å². The van der Waals surface area contributed by atoms with Crippen LogP contribution in [0.15, 0.2) is 23.1 Å². The van der Waals surface area contributed by atoms with Crippen LogP contribution < -0.4 is 4.72 Å². The number of rotatable bonds is 6. The van der Waals surface area contributed by atoms with Gasteiger partial charge in [0.05, 0.1) is 4.90 Å². The van der Waals surface area contributed by atoms with E-state index in [-0.39, 0.29) is 17.9 Å². The molecule has 6 nitrogen and oxygen atoms in total. The smallest absolute Gasteiger partial charge is 0.332 e. The number of nitrogens with one attached hydrogen (secondary N) is 1. The van der Waals surface area contributed by atoms with Gasteiger partial charge in [0.1, 0.15) is 0 Å². The summed E-state index contributed by atoms with van der Waals surface area (Å²) in [6.07, 6.45) is 1.18. The Bertz CT molecular complexity index is 611. The second kappa shape index (κ2) is 5.90. The number of aliphatic hydroxyl groups excluding tert-OH is 1. The fraction of sp³-hybridized carbons (Fsp3) is 0.462. The molecule has 0 radical (unpaired) electrons. The average molecular weight is 299 g/mol. The Balaban J connectivity index is 2.02. The highest BCUT2D eigenvalue weighted by Gasteiger charge is 2.19. The second-order valence-electron chi connectivity index (χ2n) is 4.82. The van der Waals surface area contributed by atoms with Crippen LogP contribution in [0.25, 0.3) is 0 Å². The predicted octanol–water partition coefficient (Wildman–Crippen LogP) is 0.289. The van der Waals surface area contributed by atoms with Gasteiger partial charge in [0.15, 0.2) is 6.10 Å². The van der Waals surface area contributed by atoms with Gasteiger partial charge >= 0.3 is 5.97 Å². The normalized spacial score (nSPS) is 15.8. The molecule has 0 spiro atoms. The van der Waals surface area contributed by atoms with Crippen LogP contribution in [0.1, 0.15) is 24.0 Å². The molecule has 1 aliphatic rings. The Morgan fingerprint density at radius 3 is 2.70 bits per heavy atom. The summed E-state index contributed by atoms with van der Waals surface area (Å²) in [7, 11) is -3.66. The Hall–Kier alpha value is -1.44. The lowest BCUT2D eigenvalue weighted by molar-refractivity contribution is -0.146. The number of aliphatic carboxylic acids is 1. The van der Waals surface area contributed by atoms with E-state index in [1.807, 2.05) is 6.07 Å². The summed E-state index contributed by atoms with van der Waals surface area (Å²) in [6.45, 7) is -0.118.